The van der Waals surface area contributed by atoms with E-state index in [0.717, 1.165) is 25.7 Å². The van der Waals surface area contributed by atoms with Crippen LogP contribution in [0.2, 0.25) is 0 Å². The summed E-state index contributed by atoms with van der Waals surface area (Å²) in [6.07, 6.45) is 3.70. The van der Waals surface area contributed by atoms with Gasteiger partial charge in [0.05, 0.1) is 0 Å². The van der Waals surface area contributed by atoms with Gasteiger partial charge in [0.15, 0.2) is 0 Å². The molecule has 1 aliphatic carbocycles. The van der Waals surface area contributed by atoms with Crippen LogP contribution in [-0.2, 0) is 9.59 Å². The zero-order valence-electron chi connectivity index (χ0n) is 13.5. The minimum atomic E-state index is -0.566. The molecule has 1 aliphatic heterocycles. The van der Waals surface area contributed by atoms with E-state index in [1.165, 1.54) is 0 Å². The fraction of sp³-hybridized carbons (Fsp3) is 0.875. The highest BCUT2D eigenvalue weighted by atomic mass is 16.2. The summed E-state index contributed by atoms with van der Waals surface area (Å²) in [7, 11) is 0. The number of hydrogen-bond donors (Lipinski definition) is 1. The number of carbonyl (C=O) groups excluding carboxylic acids is 2. The van der Waals surface area contributed by atoms with Gasteiger partial charge in [0, 0.05) is 6.54 Å². The standard InChI is InChI=1S/C16H28N2O2/c1-11(2)10-18-13(19)12(15(3,4)5)17-14(20)16(18)8-6-7-9-16/h11-12H,6-10H2,1-5H3,(H,17,20). The van der Waals surface area contributed by atoms with E-state index >= 15 is 0 Å². The quantitative estimate of drug-likeness (QED) is 0.844. The van der Waals surface area contributed by atoms with E-state index in [1.54, 1.807) is 0 Å². The molecule has 4 heteroatoms. The highest BCUT2D eigenvalue weighted by Gasteiger charge is 2.55. The van der Waals surface area contributed by atoms with Crippen LogP contribution in [0.3, 0.4) is 0 Å². The molecule has 2 aliphatic rings. The molecule has 1 saturated carbocycles. The van der Waals surface area contributed by atoms with Gasteiger partial charge in [-0.2, -0.15) is 0 Å². The molecule has 1 saturated heterocycles. The third-order valence-corrected chi connectivity index (χ3v) is 4.57. The lowest BCUT2D eigenvalue weighted by atomic mass is 9.80. The zero-order chi connectivity index (χ0) is 15.1. The van der Waals surface area contributed by atoms with E-state index in [9.17, 15) is 9.59 Å². The maximum absolute atomic E-state index is 12.9. The van der Waals surface area contributed by atoms with Crippen molar-refractivity contribution in [2.24, 2.45) is 11.3 Å². The Bertz CT molecular complexity index is 403. The SMILES string of the molecule is CC(C)CN1C(=O)C(C(C)(C)C)NC(=O)C12CCCC2. The first-order valence-electron chi connectivity index (χ1n) is 7.81. The van der Waals surface area contributed by atoms with Gasteiger partial charge in [-0.3, -0.25) is 9.59 Å². The van der Waals surface area contributed by atoms with Crippen molar-refractivity contribution in [2.45, 2.75) is 71.9 Å². The normalized spacial score (nSPS) is 26.5. The average Bonchev–Trinajstić information content (AvgIpc) is 2.78. The summed E-state index contributed by atoms with van der Waals surface area (Å²) in [4.78, 5) is 27.5. The predicted octanol–water partition coefficient (Wildman–Crippen LogP) is 2.33. The second-order valence-electron chi connectivity index (χ2n) is 7.85. The van der Waals surface area contributed by atoms with Gasteiger partial charge in [-0.05, 0) is 24.2 Å². The molecule has 1 unspecified atom stereocenters. The number of piperazine rings is 1. The smallest absolute Gasteiger partial charge is 0.246 e. The second-order valence-corrected chi connectivity index (χ2v) is 7.85. The molecule has 20 heavy (non-hydrogen) atoms. The number of amides is 2. The van der Waals surface area contributed by atoms with E-state index in [-0.39, 0.29) is 17.2 Å². The highest BCUT2D eigenvalue weighted by molar-refractivity contribution is 6.00. The van der Waals surface area contributed by atoms with Crippen molar-refractivity contribution >= 4 is 11.8 Å². The van der Waals surface area contributed by atoms with Gasteiger partial charge in [0.2, 0.25) is 11.8 Å². The summed E-state index contributed by atoms with van der Waals surface area (Å²) < 4.78 is 0. The second kappa shape index (κ2) is 5.05. The first-order chi connectivity index (χ1) is 9.18. The molecule has 0 bridgehead atoms. The largest absolute Gasteiger partial charge is 0.342 e. The Morgan fingerprint density at radius 3 is 2.25 bits per heavy atom. The van der Waals surface area contributed by atoms with E-state index in [0.29, 0.717) is 12.5 Å². The summed E-state index contributed by atoms with van der Waals surface area (Å²) in [5, 5.41) is 3.01. The third kappa shape index (κ3) is 2.45. The van der Waals surface area contributed by atoms with Gasteiger partial charge in [0.25, 0.3) is 0 Å². The molecular weight excluding hydrogens is 252 g/mol. The number of hydrogen-bond acceptors (Lipinski definition) is 2. The van der Waals surface area contributed by atoms with Crippen molar-refractivity contribution < 1.29 is 9.59 Å². The van der Waals surface area contributed by atoms with Crippen LogP contribution in [0, 0.1) is 11.3 Å². The zero-order valence-corrected chi connectivity index (χ0v) is 13.5. The van der Waals surface area contributed by atoms with Gasteiger partial charge >= 0.3 is 0 Å². The van der Waals surface area contributed by atoms with Gasteiger partial charge in [-0.1, -0.05) is 47.5 Å². The first kappa shape index (κ1) is 15.3. The molecule has 0 aromatic rings. The van der Waals surface area contributed by atoms with Crippen molar-refractivity contribution in [1.82, 2.24) is 10.2 Å². The molecule has 2 rings (SSSR count). The van der Waals surface area contributed by atoms with Crippen LogP contribution in [0.4, 0.5) is 0 Å². The molecule has 1 heterocycles. The highest BCUT2D eigenvalue weighted by Crippen LogP contribution is 2.40. The molecule has 2 fully saturated rings. The van der Waals surface area contributed by atoms with E-state index < -0.39 is 11.6 Å². The van der Waals surface area contributed by atoms with Crippen LogP contribution in [0.1, 0.15) is 60.3 Å². The number of carbonyl (C=O) groups is 2. The molecule has 4 nitrogen and oxygen atoms in total. The molecule has 1 atom stereocenters. The topological polar surface area (TPSA) is 49.4 Å². The Morgan fingerprint density at radius 1 is 1.25 bits per heavy atom. The van der Waals surface area contributed by atoms with Crippen molar-refractivity contribution in [3.05, 3.63) is 0 Å². The molecule has 1 spiro atoms. The maximum atomic E-state index is 12.9. The predicted molar refractivity (Wildman–Crippen MR) is 79.1 cm³/mol. The maximum Gasteiger partial charge on any atom is 0.246 e. The molecule has 2 amide bonds. The van der Waals surface area contributed by atoms with Gasteiger partial charge in [-0.25, -0.2) is 0 Å². The van der Waals surface area contributed by atoms with Crippen LogP contribution in [-0.4, -0.2) is 34.8 Å². The van der Waals surface area contributed by atoms with Crippen LogP contribution >= 0.6 is 0 Å². The fourth-order valence-corrected chi connectivity index (χ4v) is 3.49. The van der Waals surface area contributed by atoms with Crippen LogP contribution in [0.25, 0.3) is 0 Å². The Morgan fingerprint density at radius 2 is 1.80 bits per heavy atom. The van der Waals surface area contributed by atoms with Crippen LogP contribution in [0.15, 0.2) is 0 Å². The van der Waals surface area contributed by atoms with E-state index in [4.69, 9.17) is 0 Å². The molecule has 1 N–H and O–H groups in total. The van der Waals surface area contributed by atoms with Gasteiger partial charge in [0.1, 0.15) is 11.6 Å². The van der Waals surface area contributed by atoms with E-state index in [1.807, 2.05) is 25.7 Å². The lowest BCUT2D eigenvalue weighted by Crippen LogP contribution is -2.72. The Hall–Kier alpha value is -1.06. The number of nitrogens with zero attached hydrogens (tertiary/aromatic N) is 1. The van der Waals surface area contributed by atoms with Gasteiger partial charge < -0.3 is 10.2 Å². The molecule has 0 radical (unpaired) electrons. The Labute approximate surface area is 122 Å². The Kier molecular flexibility index (Phi) is 3.87. The molecular formula is C16H28N2O2. The van der Waals surface area contributed by atoms with Crippen molar-refractivity contribution in [3.8, 4) is 0 Å². The summed E-state index contributed by atoms with van der Waals surface area (Å²) in [6, 6.07) is -0.403. The summed E-state index contributed by atoms with van der Waals surface area (Å²) in [5.74, 6) is 0.547. The Balaban J connectivity index is 2.36. The number of rotatable bonds is 2. The van der Waals surface area contributed by atoms with Crippen molar-refractivity contribution in [1.29, 1.82) is 0 Å². The molecule has 0 aromatic carbocycles. The van der Waals surface area contributed by atoms with Gasteiger partial charge in [-0.15, -0.1) is 0 Å². The van der Waals surface area contributed by atoms with Crippen LogP contribution in [0.5, 0.6) is 0 Å². The fourth-order valence-electron chi connectivity index (χ4n) is 3.49. The average molecular weight is 280 g/mol. The lowest BCUT2D eigenvalue weighted by Gasteiger charge is -2.49. The van der Waals surface area contributed by atoms with Crippen molar-refractivity contribution in [3.63, 3.8) is 0 Å². The van der Waals surface area contributed by atoms with Crippen LogP contribution < -0.4 is 5.32 Å². The lowest BCUT2D eigenvalue weighted by molar-refractivity contribution is -0.161. The third-order valence-electron chi connectivity index (χ3n) is 4.57. The summed E-state index contributed by atoms with van der Waals surface area (Å²) in [6.45, 7) is 10.9. The summed E-state index contributed by atoms with van der Waals surface area (Å²) in [5.41, 5.74) is -0.814. The summed E-state index contributed by atoms with van der Waals surface area (Å²) >= 11 is 0. The van der Waals surface area contributed by atoms with E-state index in [2.05, 4.69) is 19.2 Å². The molecule has 0 aromatic heterocycles. The van der Waals surface area contributed by atoms with Crippen molar-refractivity contribution in [2.75, 3.05) is 6.54 Å². The monoisotopic (exact) mass is 280 g/mol. The number of nitrogens with one attached hydrogen (secondary N) is 1. The minimum Gasteiger partial charge on any atom is -0.342 e. The molecule has 114 valence electrons. The minimum absolute atomic E-state index is 0.0650. The first-order valence-corrected chi connectivity index (χ1v) is 7.81.